The molecule has 9 heteroatoms. The Bertz CT molecular complexity index is 1160. The number of aromatic carboxylic acids is 1. The van der Waals surface area contributed by atoms with Crippen LogP contribution in [0.1, 0.15) is 33.8 Å². The van der Waals surface area contributed by atoms with Gasteiger partial charge in [-0.05, 0) is 54.7 Å². The van der Waals surface area contributed by atoms with E-state index in [0.29, 0.717) is 5.11 Å². The van der Waals surface area contributed by atoms with Gasteiger partial charge in [0.1, 0.15) is 0 Å². The Kier molecular flexibility index (Phi) is 6.57. The topological polar surface area (TPSA) is 82.9 Å². The highest BCUT2D eigenvalue weighted by atomic mass is 32.1. The molecule has 0 amide bonds. The first-order chi connectivity index (χ1) is 16.6. The Hall–Kier alpha value is -3.27. The second-order valence-corrected chi connectivity index (χ2v) is 8.82. The van der Waals surface area contributed by atoms with Crippen LogP contribution in [0.25, 0.3) is 5.69 Å². The van der Waals surface area contributed by atoms with Crippen molar-refractivity contribution in [3.8, 4) is 5.69 Å². The smallest absolute Gasteiger partial charge is 0.335 e. The Labute approximate surface area is 203 Å². The molecule has 0 spiro atoms. The average molecular weight is 478 g/mol. The van der Waals surface area contributed by atoms with E-state index in [-0.39, 0.29) is 17.6 Å². The minimum absolute atomic E-state index is 0.105. The summed E-state index contributed by atoms with van der Waals surface area (Å²) < 4.78 is 7.54. The highest BCUT2D eigenvalue weighted by Crippen LogP contribution is 2.39. The van der Waals surface area contributed by atoms with Crippen LogP contribution in [0.4, 0.5) is 0 Å². The molecule has 2 saturated heterocycles. The molecule has 0 unspecified atom stereocenters. The van der Waals surface area contributed by atoms with Crippen molar-refractivity contribution < 1.29 is 14.6 Å². The summed E-state index contributed by atoms with van der Waals surface area (Å²) >= 11 is 5.81. The molecule has 2 N–H and O–H groups in total. The number of rotatable bonds is 7. The maximum Gasteiger partial charge on any atom is 0.335 e. The van der Waals surface area contributed by atoms with Crippen molar-refractivity contribution in [2.24, 2.45) is 0 Å². The summed E-state index contributed by atoms with van der Waals surface area (Å²) in [6, 6.07) is 16.7. The molecule has 1 aromatic carbocycles. The van der Waals surface area contributed by atoms with Gasteiger partial charge in [0.15, 0.2) is 5.11 Å². The molecule has 0 aliphatic carbocycles. The van der Waals surface area contributed by atoms with Crippen molar-refractivity contribution in [3.05, 3.63) is 83.9 Å². The fourth-order valence-electron chi connectivity index (χ4n) is 4.70. The van der Waals surface area contributed by atoms with Crippen LogP contribution in [-0.2, 0) is 4.74 Å². The summed E-state index contributed by atoms with van der Waals surface area (Å²) in [7, 11) is 0. The number of ether oxygens (including phenoxy) is 1. The zero-order chi connectivity index (χ0) is 23.5. The largest absolute Gasteiger partial charge is 0.478 e. The number of hydrogen-bond donors (Lipinski definition) is 2. The third-order valence-electron chi connectivity index (χ3n) is 6.41. The molecule has 0 saturated carbocycles. The molecule has 3 aromatic rings. The highest BCUT2D eigenvalue weighted by molar-refractivity contribution is 7.80. The summed E-state index contributed by atoms with van der Waals surface area (Å²) in [4.78, 5) is 20.8. The number of benzene rings is 1. The fourth-order valence-corrected chi connectivity index (χ4v) is 5.03. The van der Waals surface area contributed by atoms with Gasteiger partial charge in [0.2, 0.25) is 0 Å². The number of hydrogen-bond acceptors (Lipinski definition) is 5. The number of nitrogens with one attached hydrogen (secondary N) is 1. The molecule has 2 aliphatic heterocycles. The maximum atomic E-state index is 11.6. The van der Waals surface area contributed by atoms with Crippen LogP contribution in [0.2, 0.25) is 0 Å². The lowest BCUT2D eigenvalue weighted by atomic mass is 10.0. The Balaban J connectivity index is 1.51. The lowest BCUT2D eigenvalue weighted by Gasteiger charge is -2.32. The summed E-state index contributed by atoms with van der Waals surface area (Å²) in [5, 5.41) is 13.7. The molecule has 2 aliphatic rings. The summed E-state index contributed by atoms with van der Waals surface area (Å²) in [5.41, 5.74) is 2.98. The van der Waals surface area contributed by atoms with E-state index in [9.17, 15) is 9.90 Å². The van der Waals surface area contributed by atoms with Gasteiger partial charge in [0, 0.05) is 50.0 Å². The molecule has 8 nitrogen and oxygen atoms in total. The van der Waals surface area contributed by atoms with E-state index in [2.05, 4.69) is 26.2 Å². The number of thiocarbonyl (C=S) groups is 1. The summed E-state index contributed by atoms with van der Waals surface area (Å²) in [6.45, 7) is 4.99. The normalized spacial score (nSPS) is 20.9. The molecule has 176 valence electrons. The fraction of sp³-hybridized carbons (Fsp3) is 0.320. The van der Waals surface area contributed by atoms with Crippen LogP contribution in [0.5, 0.6) is 0 Å². The van der Waals surface area contributed by atoms with E-state index in [1.54, 1.807) is 24.4 Å². The third-order valence-corrected chi connectivity index (χ3v) is 6.77. The minimum Gasteiger partial charge on any atom is -0.478 e. The van der Waals surface area contributed by atoms with Gasteiger partial charge < -0.3 is 24.6 Å². The molecule has 0 radical (unpaired) electrons. The predicted octanol–water partition coefficient (Wildman–Crippen LogP) is 2.88. The van der Waals surface area contributed by atoms with E-state index in [4.69, 9.17) is 17.0 Å². The second kappa shape index (κ2) is 9.92. The van der Waals surface area contributed by atoms with Crippen LogP contribution < -0.4 is 5.32 Å². The predicted molar refractivity (Wildman–Crippen MR) is 132 cm³/mol. The molecule has 2 aromatic heterocycles. The van der Waals surface area contributed by atoms with Crippen molar-refractivity contribution in [1.29, 1.82) is 0 Å². The van der Waals surface area contributed by atoms with Crippen molar-refractivity contribution in [2.75, 3.05) is 39.4 Å². The van der Waals surface area contributed by atoms with Crippen LogP contribution in [-0.4, -0.2) is 74.9 Å². The number of carboxylic acid groups (broad SMARTS) is 1. The molecule has 5 rings (SSSR count). The molecular weight excluding hydrogens is 450 g/mol. The zero-order valence-electron chi connectivity index (χ0n) is 18.7. The van der Waals surface area contributed by atoms with Crippen LogP contribution >= 0.6 is 12.2 Å². The average Bonchev–Trinajstić information content (AvgIpc) is 3.48. The molecular formula is C25H27N5O3S. The van der Waals surface area contributed by atoms with E-state index < -0.39 is 5.97 Å². The van der Waals surface area contributed by atoms with Crippen molar-refractivity contribution >= 4 is 23.3 Å². The first kappa shape index (κ1) is 22.5. The Morgan fingerprint density at radius 1 is 1.12 bits per heavy atom. The molecule has 34 heavy (non-hydrogen) atoms. The van der Waals surface area contributed by atoms with Crippen LogP contribution in [0.3, 0.4) is 0 Å². The summed E-state index contributed by atoms with van der Waals surface area (Å²) in [5.74, 6) is -0.947. The third kappa shape index (κ3) is 4.54. The lowest BCUT2D eigenvalue weighted by Crippen LogP contribution is -2.42. The Morgan fingerprint density at radius 2 is 1.97 bits per heavy atom. The quantitative estimate of drug-likeness (QED) is 0.503. The van der Waals surface area contributed by atoms with Gasteiger partial charge in [0.05, 0.1) is 36.6 Å². The van der Waals surface area contributed by atoms with Gasteiger partial charge in [-0.25, -0.2) is 4.79 Å². The van der Waals surface area contributed by atoms with Crippen molar-refractivity contribution in [1.82, 2.24) is 24.7 Å². The van der Waals surface area contributed by atoms with Gasteiger partial charge in [-0.2, -0.15) is 0 Å². The standard InChI is InChI=1S/C25H27N5O3S/c31-24(32)18-5-3-6-19(17-18)29-10-4-8-21(29)23-22(20-7-1-2-9-26-20)27-25(34)30(23)12-11-28-13-15-33-16-14-28/h1-10,17,22-23H,11-16H2,(H,27,34)(H,31,32)/t22-,23-/m1/s1. The second-order valence-electron chi connectivity index (χ2n) is 8.43. The minimum atomic E-state index is -0.947. The number of carbonyl (C=O) groups is 1. The van der Waals surface area contributed by atoms with E-state index in [0.717, 1.165) is 56.5 Å². The van der Waals surface area contributed by atoms with Gasteiger partial charge in [-0.3, -0.25) is 9.88 Å². The lowest BCUT2D eigenvalue weighted by molar-refractivity contribution is 0.0349. The van der Waals surface area contributed by atoms with E-state index >= 15 is 0 Å². The van der Waals surface area contributed by atoms with E-state index in [1.165, 1.54) is 0 Å². The number of aromatic nitrogens is 2. The molecule has 4 heterocycles. The number of pyridine rings is 1. The Morgan fingerprint density at radius 3 is 2.74 bits per heavy atom. The van der Waals surface area contributed by atoms with Crippen LogP contribution in [0, 0.1) is 0 Å². The van der Waals surface area contributed by atoms with Crippen LogP contribution in [0.15, 0.2) is 67.0 Å². The molecule has 0 bridgehead atoms. The van der Waals surface area contributed by atoms with Crippen molar-refractivity contribution in [2.45, 2.75) is 12.1 Å². The number of nitrogens with zero attached hydrogens (tertiary/aromatic N) is 4. The first-order valence-corrected chi connectivity index (χ1v) is 11.8. The SMILES string of the molecule is O=C(O)c1cccc(-n2cccc2[C@@H]2[C@@H](c3ccccn3)NC(=S)N2CCN2CCOCC2)c1. The first-order valence-electron chi connectivity index (χ1n) is 11.4. The molecule has 2 fully saturated rings. The van der Waals surface area contributed by atoms with Gasteiger partial charge in [-0.15, -0.1) is 0 Å². The maximum absolute atomic E-state index is 11.6. The van der Waals surface area contributed by atoms with Crippen molar-refractivity contribution in [3.63, 3.8) is 0 Å². The molecule has 2 atom stereocenters. The number of carboxylic acids is 1. The monoisotopic (exact) mass is 477 g/mol. The van der Waals surface area contributed by atoms with Gasteiger partial charge in [0.25, 0.3) is 0 Å². The number of morpholine rings is 1. The van der Waals surface area contributed by atoms with Gasteiger partial charge >= 0.3 is 5.97 Å². The summed E-state index contributed by atoms with van der Waals surface area (Å²) in [6.07, 6.45) is 3.76. The highest BCUT2D eigenvalue weighted by Gasteiger charge is 2.41. The zero-order valence-corrected chi connectivity index (χ0v) is 19.5. The van der Waals surface area contributed by atoms with E-state index in [1.807, 2.05) is 41.1 Å². The van der Waals surface area contributed by atoms with Gasteiger partial charge in [-0.1, -0.05) is 12.1 Å².